The molecule has 0 N–H and O–H groups in total. The zero-order valence-corrected chi connectivity index (χ0v) is 37.9. The highest BCUT2D eigenvalue weighted by Crippen LogP contribution is 2.37. The van der Waals surface area contributed by atoms with Crippen LogP contribution in [0.2, 0.25) is 0 Å². The van der Waals surface area contributed by atoms with Crippen LogP contribution in [0.3, 0.4) is 0 Å². The zero-order valence-electron chi connectivity index (χ0n) is 37.9. The Kier molecular flexibility index (Phi) is 18.8. The molecule has 0 radical (unpaired) electrons. The minimum absolute atomic E-state index is 0.611. The summed E-state index contributed by atoms with van der Waals surface area (Å²) in [5, 5.41) is 0. The number of hydrogen-bond acceptors (Lipinski definition) is 1. The first-order chi connectivity index (χ1) is 29.1. The first-order valence-corrected chi connectivity index (χ1v) is 21.8. The van der Waals surface area contributed by atoms with E-state index in [0.717, 1.165) is 30.5 Å². The van der Waals surface area contributed by atoms with E-state index in [1.54, 1.807) is 0 Å². The van der Waals surface area contributed by atoms with E-state index in [1.807, 2.05) is 39.8 Å². The molecule has 1 atom stereocenters. The predicted octanol–water partition coefficient (Wildman–Crippen LogP) is 17.3. The van der Waals surface area contributed by atoms with Gasteiger partial charge in [0.1, 0.15) is 0 Å². The summed E-state index contributed by atoms with van der Waals surface area (Å²) in [5.74, 6) is 0.611. The van der Waals surface area contributed by atoms with Crippen molar-refractivity contribution in [3.63, 3.8) is 0 Å². The summed E-state index contributed by atoms with van der Waals surface area (Å²) in [7, 11) is 0. The Labute approximate surface area is 363 Å². The Morgan fingerprint density at radius 3 is 1.87 bits per heavy atom. The predicted molar refractivity (Wildman–Crippen MR) is 267 cm³/mol. The molecule has 0 heterocycles. The van der Waals surface area contributed by atoms with Crippen molar-refractivity contribution < 1.29 is 0 Å². The fourth-order valence-electron chi connectivity index (χ4n) is 7.48. The largest absolute Gasteiger partial charge is 0.265 e. The highest BCUT2D eigenvalue weighted by atomic mass is 14.7. The molecule has 0 fully saturated rings. The highest BCUT2D eigenvalue weighted by molar-refractivity contribution is 5.77. The fraction of sp³-hybridized carbons (Fsp3) is 0.237. The van der Waals surface area contributed by atoms with Gasteiger partial charge in [-0.05, 0) is 140 Å². The fourth-order valence-corrected chi connectivity index (χ4v) is 7.48. The van der Waals surface area contributed by atoms with Crippen molar-refractivity contribution in [3.8, 4) is 33.4 Å². The number of fused-ring (bicyclic) bond motifs is 3. The molecule has 60 heavy (non-hydrogen) atoms. The van der Waals surface area contributed by atoms with Gasteiger partial charge >= 0.3 is 0 Å². The smallest absolute Gasteiger partial charge is 0.0611 e. The second-order valence-electron chi connectivity index (χ2n) is 15.4. The van der Waals surface area contributed by atoms with Crippen LogP contribution >= 0.6 is 0 Å². The molecule has 6 aromatic carbocycles. The molecule has 2 aliphatic rings. The molecular weight excluding hydrogens is 723 g/mol. The van der Waals surface area contributed by atoms with Crippen molar-refractivity contribution in [1.82, 2.24) is 0 Å². The van der Waals surface area contributed by atoms with E-state index in [9.17, 15) is 0 Å². The summed E-state index contributed by atoms with van der Waals surface area (Å²) in [6.07, 6.45) is 12.8. The summed E-state index contributed by atoms with van der Waals surface area (Å²) in [5.41, 5.74) is 21.2. The molecule has 6 aromatic rings. The monoisotopic (exact) mass is 790 g/mol. The van der Waals surface area contributed by atoms with Crippen LogP contribution in [0, 0.1) is 20.8 Å². The molecule has 0 aromatic heterocycles. The lowest BCUT2D eigenvalue weighted by atomic mass is 9.87. The van der Waals surface area contributed by atoms with Crippen molar-refractivity contribution in [1.29, 1.82) is 0 Å². The van der Waals surface area contributed by atoms with Crippen LogP contribution in [-0.4, -0.2) is 6.72 Å². The van der Waals surface area contributed by atoms with Gasteiger partial charge in [-0.25, -0.2) is 0 Å². The Balaban J connectivity index is 0.000000176. The van der Waals surface area contributed by atoms with Gasteiger partial charge in [-0.1, -0.05) is 215 Å². The lowest BCUT2D eigenvalue weighted by Gasteiger charge is -2.17. The van der Waals surface area contributed by atoms with Gasteiger partial charge in [0.2, 0.25) is 0 Å². The van der Waals surface area contributed by atoms with Gasteiger partial charge in [-0.3, -0.25) is 4.99 Å². The van der Waals surface area contributed by atoms with Crippen molar-refractivity contribution >= 4 is 12.3 Å². The quantitative estimate of drug-likeness (QED) is 0.143. The van der Waals surface area contributed by atoms with E-state index < -0.39 is 0 Å². The second kappa shape index (κ2) is 24.1. The normalized spacial score (nSPS) is 12.5. The molecule has 1 unspecified atom stereocenters. The Hall–Kier alpha value is -6.05. The number of aliphatic imine (C=N–C) groups is 1. The standard InChI is InChI=1S/C18H22.C15H14.C14H12.C10H13N.C2H6/c1-5-14(3)18-12-13(2)10-11-17(18)16-9-7-6-8-15(16)4;1-12(2)13-8-10-15(11-9-13)14-6-4-3-5-7-14;1-10-6-7-14-12(8-10)9-11-4-2-3-5-13(11)14;1-3-10(11-2)9-7-5-4-6-8-9;1-2/h6-12,14H,5H2,1-4H3;3-11H,1H2,2H3;2-8H,9H2,1H3;3-5,7H,2,6,8H2,1H3;1-2H3. The van der Waals surface area contributed by atoms with Crippen LogP contribution in [0.15, 0.2) is 187 Å². The third-order valence-corrected chi connectivity index (χ3v) is 11.0. The molecule has 0 bridgehead atoms. The van der Waals surface area contributed by atoms with E-state index in [4.69, 9.17) is 0 Å². The van der Waals surface area contributed by atoms with Gasteiger partial charge in [0.05, 0.1) is 5.70 Å². The number of allylic oxidation sites excluding steroid dienone is 6. The van der Waals surface area contributed by atoms with Crippen molar-refractivity contribution in [2.75, 3.05) is 0 Å². The van der Waals surface area contributed by atoms with Gasteiger partial charge < -0.3 is 0 Å². The van der Waals surface area contributed by atoms with Crippen LogP contribution in [0.1, 0.15) is 106 Å². The number of nitrogens with zero attached hydrogens (tertiary/aromatic N) is 1. The molecule has 0 saturated heterocycles. The average molecular weight is 790 g/mol. The SMILES string of the molecule is C=C(C)c1ccc(-c2ccccc2)cc1.C=NC(=CC)C1=CC=CCC1.CC.CCC(C)c1cc(C)ccc1-c1ccccc1C.Cc1ccc2c(c1)Cc1ccccc1-2. The zero-order chi connectivity index (χ0) is 43.4. The molecule has 2 aliphatic carbocycles. The minimum Gasteiger partial charge on any atom is -0.265 e. The van der Waals surface area contributed by atoms with E-state index in [2.05, 4.69) is 205 Å². The summed E-state index contributed by atoms with van der Waals surface area (Å²) in [4.78, 5) is 3.94. The molecule has 1 heteroatoms. The maximum absolute atomic E-state index is 3.94. The Bertz CT molecular complexity index is 2380. The maximum atomic E-state index is 3.94. The number of aryl methyl sites for hydroxylation is 3. The van der Waals surface area contributed by atoms with Gasteiger partial charge in [0.25, 0.3) is 0 Å². The van der Waals surface area contributed by atoms with Crippen LogP contribution in [-0.2, 0) is 6.42 Å². The molecule has 0 saturated carbocycles. The number of hydrogen-bond donors (Lipinski definition) is 0. The molecule has 1 nitrogen and oxygen atoms in total. The van der Waals surface area contributed by atoms with Gasteiger partial charge in [-0.2, -0.15) is 0 Å². The second-order valence-corrected chi connectivity index (χ2v) is 15.4. The summed E-state index contributed by atoms with van der Waals surface area (Å²) in [6, 6.07) is 49.8. The van der Waals surface area contributed by atoms with Crippen molar-refractivity contribution in [3.05, 3.63) is 221 Å². The Morgan fingerprint density at radius 2 is 1.27 bits per heavy atom. The number of benzene rings is 6. The molecule has 0 spiro atoms. The molecule has 308 valence electrons. The Morgan fingerprint density at radius 1 is 0.683 bits per heavy atom. The van der Waals surface area contributed by atoms with E-state index in [0.29, 0.717) is 5.92 Å². The van der Waals surface area contributed by atoms with E-state index in [-0.39, 0.29) is 0 Å². The summed E-state index contributed by atoms with van der Waals surface area (Å²) in [6.45, 7) is 26.6. The lowest BCUT2D eigenvalue weighted by molar-refractivity contribution is 0.734. The van der Waals surface area contributed by atoms with Crippen LogP contribution in [0.5, 0.6) is 0 Å². The molecular formula is C59H67N. The molecule has 0 aliphatic heterocycles. The van der Waals surface area contributed by atoms with E-state index >= 15 is 0 Å². The highest BCUT2D eigenvalue weighted by Gasteiger charge is 2.17. The van der Waals surface area contributed by atoms with E-state index in [1.165, 1.54) is 84.3 Å². The third kappa shape index (κ3) is 13.0. The van der Waals surface area contributed by atoms with Gasteiger partial charge in [0, 0.05) is 0 Å². The maximum Gasteiger partial charge on any atom is 0.0611 e. The lowest BCUT2D eigenvalue weighted by Crippen LogP contribution is -1.97. The summed E-state index contributed by atoms with van der Waals surface area (Å²) >= 11 is 0. The third-order valence-electron chi connectivity index (χ3n) is 11.0. The number of rotatable bonds is 7. The topological polar surface area (TPSA) is 12.4 Å². The van der Waals surface area contributed by atoms with Crippen LogP contribution in [0.4, 0.5) is 0 Å². The minimum atomic E-state index is 0.611. The van der Waals surface area contributed by atoms with Gasteiger partial charge in [-0.15, -0.1) is 0 Å². The van der Waals surface area contributed by atoms with Crippen molar-refractivity contribution in [2.45, 2.75) is 93.9 Å². The van der Waals surface area contributed by atoms with Crippen molar-refractivity contribution in [2.24, 2.45) is 4.99 Å². The molecule has 8 rings (SSSR count). The van der Waals surface area contributed by atoms with Gasteiger partial charge in [0.15, 0.2) is 0 Å². The first kappa shape index (κ1) is 46.6. The first-order valence-electron chi connectivity index (χ1n) is 21.8. The molecule has 0 amide bonds. The van der Waals surface area contributed by atoms with Crippen LogP contribution < -0.4 is 0 Å². The average Bonchev–Trinajstić information content (AvgIpc) is 3.66. The summed E-state index contributed by atoms with van der Waals surface area (Å²) < 4.78 is 0. The van der Waals surface area contributed by atoms with Crippen LogP contribution in [0.25, 0.3) is 39.0 Å².